The summed E-state index contributed by atoms with van der Waals surface area (Å²) in [5.74, 6) is 1.57. The molecule has 1 aromatic rings. The van der Waals surface area contributed by atoms with Crippen LogP contribution in [0, 0.1) is 0 Å². The van der Waals surface area contributed by atoms with Crippen molar-refractivity contribution in [2.24, 2.45) is 4.99 Å². The van der Waals surface area contributed by atoms with E-state index in [2.05, 4.69) is 15.6 Å². The molecule has 0 aromatic heterocycles. The van der Waals surface area contributed by atoms with E-state index in [9.17, 15) is 0 Å². The Balaban J connectivity index is 1.80. The summed E-state index contributed by atoms with van der Waals surface area (Å²) in [6.07, 6.45) is 1.12. The van der Waals surface area contributed by atoms with Gasteiger partial charge in [-0.25, -0.2) is 0 Å². The highest BCUT2D eigenvalue weighted by Crippen LogP contribution is 2.23. The lowest BCUT2D eigenvalue weighted by Gasteiger charge is -2.20. The molecule has 18 heavy (non-hydrogen) atoms. The van der Waals surface area contributed by atoms with E-state index in [-0.39, 0.29) is 6.10 Å². The third-order valence-corrected chi connectivity index (χ3v) is 2.93. The molecule has 0 aliphatic carbocycles. The third-order valence-electron chi connectivity index (χ3n) is 2.62. The number of ether oxygens (including phenoxy) is 1. The topological polar surface area (TPSA) is 45.7 Å². The van der Waals surface area contributed by atoms with Crippen LogP contribution in [0.3, 0.4) is 0 Å². The maximum absolute atomic E-state index is 6.04. The van der Waals surface area contributed by atoms with E-state index in [1.807, 2.05) is 31.2 Å². The standard InChI is InChI=1S/C13H18ClN3O/c1-10(9-17-13-15-7-4-8-16-13)18-12-6-3-2-5-11(12)14/h2-3,5-6,10H,4,7-9H2,1H3,(H2,15,16,17). The number of benzene rings is 1. The Labute approximate surface area is 112 Å². The highest BCUT2D eigenvalue weighted by molar-refractivity contribution is 6.32. The van der Waals surface area contributed by atoms with Gasteiger partial charge in [-0.15, -0.1) is 0 Å². The molecule has 0 spiro atoms. The highest BCUT2D eigenvalue weighted by atomic mass is 35.5. The van der Waals surface area contributed by atoms with E-state index >= 15 is 0 Å². The smallest absolute Gasteiger partial charge is 0.191 e. The second kappa shape index (κ2) is 6.50. The lowest BCUT2D eigenvalue weighted by Crippen LogP contribution is -2.44. The van der Waals surface area contributed by atoms with Crippen LogP contribution in [0.2, 0.25) is 5.02 Å². The Morgan fingerprint density at radius 1 is 1.50 bits per heavy atom. The fourth-order valence-electron chi connectivity index (χ4n) is 1.69. The Morgan fingerprint density at radius 3 is 3.06 bits per heavy atom. The molecule has 5 heteroatoms. The summed E-state index contributed by atoms with van der Waals surface area (Å²) in [6.45, 7) is 4.55. The molecule has 0 radical (unpaired) electrons. The molecular weight excluding hydrogens is 250 g/mol. The molecule has 0 bridgehead atoms. The fourth-order valence-corrected chi connectivity index (χ4v) is 1.87. The van der Waals surface area contributed by atoms with Crippen LogP contribution in [-0.2, 0) is 0 Å². The van der Waals surface area contributed by atoms with Crippen LogP contribution < -0.4 is 15.4 Å². The van der Waals surface area contributed by atoms with E-state index in [4.69, 9.17) is 16.3 Å². The van der Waals surface area contributed by atoms with Crippen molar-refractivity contribution >= 4 is 17.6 Å². The van der Waals surface area contributed by atoms with E-state index in [0.29, 0.717) is 17.3 Å². The predicted molar refractivity (Wildman–Crippen MR) is 74.5 cm³/mol. The lowest BCUT2D eigenvalue weighted by molar-refractivity contribution is 0.224. The van der Waals surface area contributed by atoms with E-state index < -0.39 is 0 Å². The predicted octanol–water partition coefficient (Wildman–Crippen LogP) is 2.05. The molecule has 2 rings (SSSR count). The number of aliphatic imine (C=N–C) groups is 1. The first kappa shape index (κ1) is 13.0. The Hall–Kier alpha value is -1.42. The van der Waals surface area contributed by atoms with Gasteiger partial charge >= 0.3 is 0 Å². The maximum atomic E-state index is 6.04. The van der Waals surface area contributed by atoms with E-state index in [0.717, 1.165) is 25.5 Å². The summed E-state index contributed by atoms with van der Waals surface area (Å²) >= 11 is 6.04. The minimum Gasteiger partial charge on any atom is -0.487 e. The van der Waals surface area contributed by atoms with Gasteiger partial charge < -0.3 is 15.4 Å². The van der Waals surface area contributed by atoms with E-state index in [1.165, 1.54) is 0 Å². The number of guanidine groups is 1. The summed E-state index contributed by atoms with van der Waals surface area (Å²) < 4.78 is 5.76. The van der Waals surface area contributed by atoms with Crippen molar-refractivity contribution in [3.8, 4) is 5.75 Å². The second-order valence-electron chi connectivity index (χ2n) is 4.25. The van der Waals surface area contributed by atoms with Crippen LogP contribution in [-0.4, -0.2) is 31.7 Å². The SMILES string of the molecule is CC(CNC1=NCCCN1)Oc1ccccc1Cl. The number of rotatable bonds is 4. The summed E-state index contributed by atoms with van der Waals surface area (Å²) in [4.78, 5) is 4.34. The molecule has 2 N–H and O–H groups in total. The monoisotopic (exact) mass is 267 g/mol. The lowest BCUT2D eigenvalue weighted by atomic mass is 10.3. The molecule has 1 aliphatic heterocycles. The molecule has 1 aliphatic rings. The summed E-state index contributed by atoms with van der Waals surface area (Å²) in [6, 6.07) is 7.49. The van der Waals surface area contributed by atoms with Gasteiger partial charge in [0.25, 0.3) is 0 Å². The average Bonchev–Trinajstić information content (AvgIpc) is 2.40. The van der Waals surface area contributed by atoms with Gasteiger partial charge in [0.1, 0.15) is 11.9 Å². The zero-order valence-electron chi connectivity index (χ0n) is 10.4. The van der Waals surface area contributed by atoms with Crippen LogP contribution in [0.4, 0.5) is 0 Å². The summed E-state index contributed by atoms with van der Waals surface area (Å²) in [5, 5.41) is 7.08. The molecule has 1 heterocycles. The first-order chi connectivity index (χ1) is 8.75. The Morgan fingerprint density at radius 2 is 2.33 bits per heavy atom. The Bertz CT molecular complexity index is 422. The largest absolute Gasteiger partial charge is 0.487 e. The maximum Gasteiger partial charge on any atom is 0.191 e. The number of halogens is 1. The van der Waals surface area contributed by atoms with Crippen molar-refractivity contribution in [2.75, 3.05) is 19.6 Å². The van der Waals surface area contributed by atoms with Gasteiger partial charge in [0, 0.05) is 13.1 Å². The number of hydrogen-bond acceptors (Lipinski definition) is 4. The third kappa shape index (κ3) is 3.81. The molecule has 0 saturated carbocycles. The average molecular weight is 268 g/mol. The zero-order chi connectivity index (χ0) is 12.8. The van der Waals surface area contributed by atoms with Gasteiger partial charge in [0.2, 0.25) is 0 Å². The second-order valence-corrected chi connectivity index (χ2v) is 4.66. The minimum absolute atomic E-state index is 0.0244. The van der Waals surface area contributed by atoms with Crippen LogP contribution in [0.25, 0.3) is 0 Å². The van der Waals surface area contributed by atoms with Gasteiger partial charge in [-0.1, -0.05) is 23.7 Å². The molecule has 0 amide bonds. The van der Waals surface area contributed by atoms with Crippen LogP contribution in [0.1, 0.15) is 13.3 Å². The number of hydrogen-bond donors (Lipinski definition) is 2. The molecule has 4 nitrogen and oxygen atoms in total. The number of para-hydroxylation sites is 1. The van der Waals surface area contributed by atoms with Crippen molar-refractivity contribution < 1.29 is 4.74 Å². The van der Waals surface area contributed by atoms with Crippen LogP contribution >= 0.6 is 11.6 Å². The van der Waals surface area contributed by atoms with Crippen LogP contribution in [0.15, 0.2) is 29.3 Å². The van der Waals surface area contributed by atoms with Crippen molar-refractivity contribution in [3.05, 3.63) is 29.3 Å². The van der Waals surface area contributed by atoms with Crippen molar-refractivity contribution in [3.63, 3.8) is 0 Å². The van der Waals surface area contributed by atoms with Crippen molar-refractivity contribution in [1.82, 2.24) is 10.6 Å². The molecule has 0 saturated heterocycles. The molecule has 1 aromatic carbocycles. The number of nitrogens with zero attached hydrogens (tertiary/aromatic N) is 1. The van der Waals surface area contributed by atoms with E-state index in [1.54, 1.807) is 0 Å². The van der Waals surface area contributed by atoms with Crippen molar-refractivity contribution in [1.29, 1.82) is 0 Å². The first-order valence-electron chi connectivity index (χ1n) is 6.19. The first-order valence-corrected chi connectivity index (χ1v) is 6.57. The van der Waals surface area contributed by atoms with Gasteiger partial charge in [-0.3, -0.25) is 4.99 Å². The fraction of sp³-hybridized carbons (Fsp3) is 0.462. The van der Waals surface area contributed by atoms with Gasteiger partial charge in [-0.2, -0.15) is 0 Å². The minimum atomic E-state index is 0.0244. The molecule has 1 atom stereocenters. The van der Waals surface area contributed by atoms with Crippen LogP contribution in [0.5, 0.6) is 5.75 Å². The summed E-state index contributed by atoms with van der Waals surface area (Å²) in [7, 11) is 0. The number of nitrogens with one attached hydrogen (secondary N) is 2. The van der Waals surface area contributed by atoms with Gasteiger partial charge in [0.15, 0.2) is 5.96 Å². The normalized spacial score (nSPS) is 16.4. The van der Waals surface area contributed by atoms with Gasteiger partial charge in [-0.05, 0) is 25.5 Å². The molecule has 1 unspecified atom stereocenters. The van der Waals surface area contributed by atoms with Gasteiger partial charge in [0.05, 0.1) is 11.6 Å². The Kier molecular flexibility index (Phi) is 4.70. The summed E-state index contributed by atoms with van der Waals surface area (Å²) in [5.41, 5.74) is 0. The molecular formula is C13H18ClN3O. The quantitative estimate of drug-likeness (QED) is 0.878. The molecule has 98 valence electrons. The van der Waals surface area contributed by atoms with Crippen molar-refractivity contribution in [2.45, 2.75) is 19.4 Å². The molecule has 0 fully saturated rings. The zero-order valence-corrected chi connectivity index (χ0v) is 11.2. The highest BCUT2D eigenvalue weighted by Gasteiger charge is 2.09.